The Balaban J connectivity index is 0.00000216. The summed E-state index contributed by atoms with van der Waals surface area (Å²) in [6.45, 7) is 4.47. The van der Waals surface area contributed by atoms with E-state index in [0.29, 0.717) is 30.0 Å². The maximum absolute atomic E-state index is 12.6. The van der Waals surface area contributed by atoms with Crippen molar-refractivity contribution in [2.75, 3.05) is 0 Å². The van der Waals surface area contributed by atoms with Crippen molar-refractivity contribution >= 4 is 11.5 Å². The minimum Gasteiger partial charge on any atom is -0.299 e. The lowest BCUT2D eigenvalue weighted by atomic mass is 9.73. The number of carbonyl (C=O) groups is 1. The largest absolute Gasteiger partial charge is 0.299 e. The Labute approximate surface area is 205 Å². The van der Waals surface area contributed by atoms with Gasteiger partial charge in [0.1, 0.15) is 5.78 Å². The number of carbonyl (C=O) groups excluding carboxylic acids is 1. The number of aliphatic imine (C=N–C) groups is 1. The Morgan fingerprint density at radius 3 is 2.85 bits per heavy atom. The Morgan fingerprint density at radius 2 is 2.00 bits per heavy atom. The van der Waals surface area contributed by atoms with Gasteiger partial charge in [0, 0.05) is 29.2 Å². The summed E-state index contributed by atoms with van der Waals surface area (Å²) in [5.41, 5.74) is 6.93. The zero-order chi connectivity index (χ0) is 23.0. The van der Waals surface area contributed by atoms with Gasteiger partial charge in [0.05, 0.1) is 5.71 Å². The summed E-state index contributed by atoms with van der Waals surface area (Å²) in [6.07, 6.45) is 21.9. The molecule has 1 heterocycles. The van der Waals surface area contributed by atoms with Crippen LogP contribution in [0.25, 0.3) is 0 Å². The van der Waals surface area contributed by atoms with Gasteiger partial charge in [-0.25, -0.2) is 0 Å². The molecule has 0 bridgehead atoms. The van der Waals surface area contributed by atoms with Crippen LogP contribution in [0, 0.1) is 11.8 Å². The van der Waals surface area contributed by atoms with Gasteiger partial charge in [-0.05, 0) is 73.5 Å². The number of hydrogen-bond acceptors (Lipinski definition) is 2. The van der Waals surface area contributed by atoms with E-state index in [2.05, 4.69) is 56.3 Å². The van der Waals surface area contributed by atoms with Crippen molar-refractivity contribution in [2.24, 2.45) is 16.8 Å². The van der Waals surface area contributed by atoms with Crippen LogP contribution in [0.15, 0.2) is 64.8 Å². The molecule has 3 aliphatic rings. The normalized spacial score (nSPS) is 22.8. The first kappa shape index (κ1) is 23.9. The molecule has 0 N–H and O–H groups in total. The quantitative estimate of drug-likeness (QED) is 0.370. The van der Waals surface area contributed by atoms with Crippen LogP contribution in [0.2, 0.25) is 0 Å². The smallest absolute Gasteiger partial charge is 0.137 e. The van der Waals surface area contributed by atoms with E-state index in [1.165, 1.54) is 67.4 Å². The Bertz CT molecular complexity index is 958. The summed E-state index contributed by atoms with van der Waals surface area (Å²) in [5.74, 6) is 2.18. The van der Waals surface area contributed by atoms with Crippen molar-refractivity contribution in [1.29, 1.82) is 0 Å². The molecular weight excluding hydrogens is 402 g/mol. The minimum atomic E-state index is 0. The van der Waals surface area contributed by atoms with Gasteiger partial charge in [0.2, 0.25) is 0 Å². The monoisotopic (exact) mass is 449 g/mol. The third kappa shape index (κ3) is 6.22. The first-order chi connectivity index (χ1) is 16.2. The number of benzene rings is 1. The number of Topliss-reactive ketones (excluding diaryl/α,β-unsaturated/α-hetero) is 1. The van der Waals surface area contributed by atoms with Gasteiger partial charge >= 0.3 is 0 Å². The van der Waals surface area contributed by atoms with Gasteiger partial charge < -0.3 is 0 Å². The molecule has 0 amide bonds. The second-order valence-corrected chi connectivity index (χ2v) is 10.3. The third-order valence-corrected chi connectivity index (χ3v) is 8.11. The van der Waals surface area contributed by atoms with Crippen LogP contribution < -0.4 is 0 Å². The predicted octanol–water partition coefficient (Wildman–Crippen LogP) is 9.03. The number of nitrogens with zero attached hydrogens (tertiary/aromatic N) is 1. The van der Waals surface area contributed by atoms with Crippen LogP contribution in [0.5, 0.6) is 0 Å². The lowest BCUT2D eigenvalue weighted by Crippen LogP contribution is -2.24. The molecule has 1 aliphatic heterocycles. The fraction of sp³-hybridized carbons (Fsp3) is 0.548. The fourth-order valence-corrected chi connectivity index (χ4v) is 5.99. The van der Waals surface area contributed by atoms with Gasteiger partial charge in [0.25, 0.3) is 0 Å². The van der Waals surface area contributed by atoms with E-state index >= 15 is 0 Å². The maximum Gasteiger partial charge on any atom is 0.137 e. The van der Waals surface area contributed by atoms with Crippen molar-refractivity contribution in [2.45, 2.75) is 96.8 Å². The summed E-state index contributed by atoms with van der Waals surface area (Å²) >= 11 is 0. The van der Waals surface area contributed by atoms with E-state index in [-0.39, 0.29) is 4.28 Å². The van der Waals surface area contributed by atoms with Gasteiger partial charge in [0.15, 0.2) is 0 Å². The van der Waals surface area contributed by atoms with Gasteiger partial charge in [-0.3, -0.25) is 9.79 Å². The molecule has 182 valence electrons. The van der Waals surface area contributed by atoms with Crippen molar-refractivity contribution in [1.82, 2.24) is 0 Å². The molecule has 0 saturated heterocycles. The van der Waals surface area contributed by atoms with Crippen molar-refractivity contribution in [3.63, 3.8) is 0 Å². The topological polar surface area (TPSA) is 29.4 Å². The first-order valence-corrected chi connectivity index (χ1v) is 13.4. The lowest BCUT2D eigenvalue weighted by molar-refractivity contribution is -0.118. The molecule has 1 saturated carbocycles. The van der Waals surface area contributed by atoms with Crippen LogP contribution in [-0.2, 0) is 11.2 Å². The highest BCUT2D eigenvalue weighted by molar-refractivity contribution is 6.05. The zero-order valence-electron chi connectivity index (χ0n) is 20.7. The van der Waals surface area contributed by atoms with E-state index in [1.54, 1.807) is 5.57 Å². The second kappa shape index (κ2) is 11.8. The van der Waals surface area contributed by atoms with E-state index in [4.69, 9.17) is 4.99 Å². The van der Waals surface area contributed by atoms with Crippen LogP contribution in [0.4, 0.5) is 0 Å². The summed E-state index contributed by atoms with van der Waals surface area (Å²) < 4.78 is 0. The third-order valence-electron chi connectivity index (χ3n) is 8.11. The summed E-state index contributed by atoms with van der Waals surface area (Å²) in [5, 5.41) is 0. The van der Waals surface area contributed by atoms with Gasteiger partial charge in [-0.1, -0.05) is 81.2 Å². The summed E-state index contributed by atoms with van der Waals surface area (Å²) in [4.78, 5) is 17.6. The van der Waals surface area contributed by atoms with E-state index < -0.39 is 0 Å². The van der Waals surface area contributed by atoms with Crippen LogP contribution >= 0.6 is 0 Å². The lowest BCUT2D eigenvalue weighted by Gasteiger charge is -2.32. The highest BCUT2D eigenvalue weighted by Crippen LogP contribution is 2.40. The Kier molecular flexibility index (Phi) is 8.53. The van der Waals surface area contributed by atoms with Gasteiger partial charge in [-0.15, -0.1) is 0 Å². The molecule has 33 heavy (non-hydrogen) atoms. The molecule has 0 radical (unpaired) electrons. The summed E-state index contributed by atoms with van der Waals surface area (Å²) in [6, 6.07) is 8.91. The van der Waals surface area contributed by atoms with E-state index in [0.717, 1.165) is 25.7 Å². The van der Waals surface area contributed by atoms with Crippen molar-refractivity contribution in [3.05, 3.63) is 71.0 Å². The first-order valence-electron chi connectivity index (χ1n) is 13.4. The molecule has 0 aromatic heterocycles. The molecule has 2 nitrogen and oxygen atoms in total. The molecule has 0 spiro atoms. The molecule has 2 unspecified atom stereocenters. The average Bonchev–Trinajstić information content (AvgIpc) is 3.07. The van der Waals surface area contributed by atoms with Crippen LogP contribution in [0.1, 0.15) is 106 Å². The Morgan fingerprint density at radius 1 is 1.15 bits per heavy atom. The number of hydrogen-bond donors (Lipinski definition) is 0. The zero-order valence-corrected chi connectivity index (χ0v) is 20.7. The summed E-state index contributed by atoms with van der Waals surface area (Å²) in [7, 11) is 0. The number of ketones is 1. The molecule has 2 atom stereocenters. The van der Waals surface area contributed by atoms with Crippen LogP contribution in [-0.4, -0.2) is 11.5 Å². The average molecular weight is 450 g/mol. The SMILES string of the molecule is CCC(CC)CCC(=O)Cc1cccc(C2CCCC(C3=NC=CCC4=C3C=CCC4)C2)c1.[HH].[HH].[HH]. The van der Waals surface area contributed by atoms with Crippen LogP contribution in [0.3, 0.4) is 0 Å². The molecule has 1 aromatic carbocycles. The molecule has 1 fully saturated rings. The molecule has 4 rings (SSSR count). The van der Waals surface area contributed by atoms with E-state index in [1.807, 2.05) is 6.20 Å². The highest BCUT2D eigenvalue weighted by atomic mass is 16.1. The Hall–Kier alpha value is -2.22. The maximum atomic E-state index is 12.6. The highest BCUT2D eigenvalue weighted by Gasteiger charge is 2.29. The number of rotatable bonds is 9. The van der Waals surface area contributed by atoms with Gasteiger partial charge in [-0.2, -0.15) is 0 Å². The molecule has 1 aromatic rings. The number of allylic oxidation sites excluding steroid dienone is 5. The predicted molar refractivity (Wildman–Crippen MR) is 146 cm³/mol. The molecular formula is C31H47NO. The van der Waals surface area contributed by atoms with Crippen molar-refractivity contribution in [3.8, 4) is 0 Å². The minimum absolute atomic E-state index is 0. The second-order valence-electron chi connectivity index (χ2n) is 10.3. The molecule has 2 heteroatoms. The molecule has 2 aliphatic carbocycles. The fourth-order valence-electron chi connectivity index (χ4n) is 5.99. The van der Waals surface area contributed by atoms with E-state index in [9.17, 15) is 4.79 Å². The standard InChI is InChI=1S/C31H41NO.3H2/c1-3-23(4-2)17-18-29(33)21-24-10-7-12-26(20-24)27-13-8-14-28(22-27)31-30-16-6-5-11-25(30)15-9-19-32-31;;;/h6-7,9-10,12,16,19-20,23,27-28H,3-5,8,11,13-15,17-18,21-22H2,1-2H3;3*1H. The van der Waals surface area contributed by atoms with Crippen molar-refractivity contribution < 1.29 is 9.07 Å².